The average Bonchev–Trinajstić information content (AvgIpc) is 3.40. The van der Waals surface area contributed by atoms with Gasteiger partial charge in [0.2, 0.25) is 10.0 Å². The standard InChI is InChI=1S/C18H16BrFN6O2S/c19-13-4-3-12(8-14(13)20)29(27,28)25-11-2-1-10(7-11)18-24-23-16-9-22-17-15(26(16)18)5-6-21-17/h3-6,8-11,21,25H,1-2,7H2/t10-,11+/m1/s1. The van der Waals surface area contributed by atoms with E-state index in [1.807, 2.05) is 16.7 Å². The van der Waals surface area contributed by atoms with Gasteiger partial charge in [-0.1, -0.05) is 0 Å². The minimum absolute atomic E-state index is 0.0554. The SMILES string of the molecule is O=S(=O)(N[C@H]1CC[C@@H](c2nnc3cnc4[nH]ccc4n23)C1)c1ccc(Br)c(F)c1. The van der Waals surface area contributed by atoms with E-state index < -0.39 is 15.8 Å². The van der Waals surface area contributed by atoms with Crippen LogP contribution in [0.3, 0.4) is 0 Å². The van der Waals surface area contributed by atoms with Gasteiger partial charge in [-0.25, -0.2) is 22.5 Å². The van der Waals surface area contributed by atoms with E-state index in [-0.39, 0.29) is 21.3 Å². The van der Waals surface area contributed by atoms with Crippen LogP contribution in [0.2, 0.25) is 0 Å². The Kier molecular flexibility index (Phi) is 4.41. The first kappa shape index (κ1) is 18.6. The second-order valence-electron chi connectivity index (χ2n) is 7.13. The maximum atomic E-state index is 13.8. The van der Waals surface area contributed by atoms with Crippen LogP contribution in [0, 0.1) is 5.82 Å². The molecule has 1 saturated carbocycles. The third kappa shape index (κ3) is 3.22. The highest BCUT2D eigenvalue weighted by atomic mass is 79.9. The zero-order valence-corrected chi connectivity index (χ0v) is 17.4. The van der Waals surface area contributed by atoms with E-state index in [9.17, 15) is 12.8 Å². The number of nitrogens with zero attached hydrogens (tertiary/aromatic N) is 4. The Balaban J connectivity index is 1.40. The van der Waals surface area contributed by atoms with Gasteiger partial charge in [-0.05, 0) is 59.5 Å². The van der Waals surface area contributed by atoms with E-state index in [0.29, 0.717) is 18.5 Å². The van der Waals surface area contributed by atoms with Gasteiger partial charge in [0.1, 0.15) is 11.6 Å². The van der Waals surface area contributed by atoms with Crippen LogP contribution >= 0.6 is 15.9 Å². The predicted octanol–water partition coefficient (Wildman–Crippen LogP) is 3.12. The topological polar surface area (TPSA) is 105 Å². The van der Waals surface area contributed by atoms with Gasteiger partial charge in [0.15, 0.2) is 11.3 Å². The highest BCUT2D eigenvalue weighted by Gasteiger charge is 2.32. The van der Waals surface area contributed by atoms with Gasteiger partial charge in [-0.15, -0.1) is 10.2 Å². The predicted molar refractivity (Wildman–Crippen MR) is 107 cm³/mol. The normalized spacial score (nSPS) is 20.1. The number of aromatic nitrogens is 5. The first-order chi connectivity index (χ1) is 13.9. The smallest absolute Gasteiger partial charge is 0.240 e. The van der Waals surface area contributed by atoms with E-state index in [2.05, 4.69) is 40.8 Å². The zero-order valence-electron chi connectivity index (χ0n) is 15.0. The fraction of sp³-hybridized carbons (Fsp3) is 0.278. The Morgan fingerprint density at radius 3 is 2.93 bits per heavy atom. The van der Waals surface area contributed by atoms with Crippen LogP contribution in [0.25, 0.3) is 16.8 Å². The van der Waals surface area contributed by atoms with Gasteiger partial charge in [0.25, 0.3) is 0 Å². The van der Waals surface area contributed by atoms with Crippen molar-refractivity contribution >= 4 is 42.8 Å². The second kappa shape index (κ2) is 6.85. The maximum absolute atomic E-state index is 13.8. The number of benzene rings is 1. The molecule has 1 aliphatic rings. The molecule has 3 aromatic heterocycles. The molecule has 0 saturated heterocycles. The van der Waals surface area contributed by atoms with Crippen molar-refractivity contribution < 1.29 is 12.8 Å². The fourth-order valence-corrected chi connectivity index (χ4v) is 5.46. The van der Waals surface area contributed by atoms with Crippen molar-refractivity contribution in [2.24, 2.45) is 0 Å². The molecule has 1 aromatic carbocycles. The Morgan fingerprint density at radius 1 is 1.24 bits per heavy atom. The van der Waals surface area contributed by atoms with Crippen molar-refractivity contribution in [3.05, 3.63) is 52.8 Å². The van der Waals surface area contributed by atoms with Crippen molar-refractivity contribution in [1.82, 2.24) is 29.3 Å². The van der Waals surface area contributed by atoms with Crippen molar-refractivity contribution in [3.63, 3.8) is 0 Å². The summed E-state index contributed by atoms with van der Waals surface area (Å²) in [7, 11) is -3.81. The van der Waals surface area contributed by atoms with Crippen LogP contribution in [-0.4, -0.2) is 39.0 Å². The number of sulfonamides is 1. The quantitative estimate of drug-likeness (QED) is 0.468. The Morgan fingerprint density at radius 2 is 2.10 bits per heavy atom. The van der Waals surface area contributed by atoms with E-state index in [4.69, 9.17) is 0 Å². The van der Waals surface area contributed by atoms with Crippen LogP contribution in [0.1, 0.15) is 31.0 Å². The summed E-state index contributed by atoms with van der Waals surface area (Å²) in [5.74, 6) is 0.236. The molecule has 1 fully saturated rings. The Labute approximate surface area is 173 Å². The minimum atomic E-state index is -3.81. The molecule has 1 aliphatic carbocycles. The van der Waals surface area contributed by atoms with Gasteiger partial charge in [0.05, 0.1) is 21.1 Å². The molecule has 5 rings (SSSR count). The summed E-state index contributed by atoms with van der Waals surface area (Å²) in [6.07, 6.45) is 5.50. The molecule has 3 heterocycles. The molecule has 2 N–H and O–H groups in total. The number of H-pyrrole nitrogens is 1. The van der Waals surface area contributed by atoms with Gasteiger partial charge in [0, 0.05) is 18.2 Å². The number of hydrogen-bond acceptors (Lipinski definition) is 5. The molecule has 4 aromatic rings. The number of aromatic amines is 1. The first-order valence-electron chi connectivity index (χ1n) is 9.07. The van der Waals surface area contributed by atoms with Crippen molar-refractivity contribution in [2.45, 2.75) is 36.1 Å². The van der Waals surface area contributed by atoms with E-state index in [1.165, 1.54) is 12.1 Å². The lowest BCUT2D eigenvalue weighted by molar-refractivity contribution is 0.544. The minimum Gasteiger partial charge on any atom is -0.345 e. The molecule has 0 spiro atoms. The highest BCUT2D eigenvalue weighted by molar-refractivity contribution is 9.10. The number of rotatable bonds is 4. The van der Waals surface area contributed by atoms with Gasteiger partial charge in [-0.2, -0.15) is 0 Å². The summed E-state index contributed by atoms with van der Waals surface area (Å²) in [4.78, 5) is 7.30. The zero-order chi connectivity index (χ0) is 20.2. The van der Waals surface area contributed by atoms with Crippen LogP contribution in [0.5, 0.6) is 0 Å². The van der Waals surface area contributed by atoms with E-state index >= 15 is 0 Å². The second-order valence-corrected chi connectivity index (χ2v) is 9.69. The Hall–Kier alpha value is -2.37. The van der Waals surface area contributed by atoms with E-state index in [0.717, 1.165) is 29.5 Å². The van der Waals surface area contributed by atoms with Crippen molar-refractivity contribution in [2.75, 3.05) is 0 Å². The summed E-state index contributed by atoms with van der Waals surface area (Å²) in [5, 5.41) is 8.55. The number of hydrogen-bond donors (Lipinski definition) is 2. The molecule has 8 nitrogen and oxygen atoms in total. The van der Waals surface area contributed by atoms with Crippen LogP contribution < -0.4 is 4.72 Å². The summed E-state index contributed by atoms with van der Waals surface area (Å²) < 4.78 is 44.0. The largest absolute Gasteiger partial charge is 0.345 e. The summed E-state index contributed by atoms with van der Waals surface area (Å²) in [5.41, 5.74) is 2.28. The van der Waals surface area contributed by atoms with Gasteiger partial charge >= 0.3 is 0 Å². The number of nitrogens with one attached hydrogen (secondary N) is 2. The van der Waals surface area contributed by atoms with Crippen LogP contribution in [0.4, 0.5) is 4.39 Å². The monoisotopic (exact) mass is 478 g/mol. The first-order valence-corrected chi connectivity index (χ1v) is 11.3. The Bertz CT molecular complexity index is 1330. The van der Waals surface area contributed by atoms with Crippen LogP contribution in [0.15, 0.2) is 46.0 Å². The molecule has 0 unspecified atom stereocenters. The van der Waals surface area contributed by atoms with Crippen LogP contribution in [-0.2, 0) is 10.0 Å². The molecule has 29 heavy (non-hydrogen) atoms. The van der Waals surface area contributed by atoms with E-state index in [1.54, 1.807) is 6.20 Å². The molecule has 0 amide bonds. The molecular formula is C18H16BrFN6O2S. The van der Waals surface area contributed by atoms with Crippen molar-refractivity contribution in [1.29, 1.82) is 0 Å². The number of halogens is 2. The highest BCUT2D eigenvalue weighted by Crippen LogP contribution is 2.35. The molecule has 0 bridgehead atoms. The molecule has 0 aliphatic heterocycles. The third-order valence-corrected chi connectivity index (χ3v) is 7.45. The van der Waals surface area contributed by atoms with Gasteiger partial charge in [-0.3, -0.25) is 4.40 Å². The molecular weight excluding hydrogens is 463 g/mol. The third-order valence-electron chi connectivity index (χ3n) is 5.29. The lowest BCUT2D eigenvalue weighted by atomic mass is 10.1. The molecule has 11 heteroatoms. The summed E-state index contributed by atoms with van der Waals surface area (Å²) in [6, 6.07) is 5.44. The average molecular weight is 479 g/mol. The molecule has 150 valence electrons. The molecule has 0 radical (unpaired) electrons. The number of fused-ring (bicyclic) bond motifs is 3. The summed E-state index contributed by atoms with van der Waals surface area (Å²) in [6.45, 7) is 0. The fourth-order valence-electron chi connectivity index (χ4n) is 3.92. The summed E-state index contributed by atoms with van der Waals surface area (Å²) >= 11 is 3.04. The van der Waals surface area contributed by atoms with Crippen molar-refractivity contribution in [3.8, 4) is 0 Å². The maximum Gasteiger partial charge on any atom is 0.240 e. The lowest BCUT2D eigenvalue weighted by Crippen LogP contribution is -2.33. The lowest BCUT2D eigenvalue weighted by Gasteiger charge is -2.14. The van der Waals surface area contributed by atoms with Gasteiger partial charge < -0.3 is 4.98 Å². The molecule has 2 atom stereocenters.